The van der Waals surface area contributed by atoms with Crippen LogP contribution in [-0.4, -0.2) is 15.6 Å². The fourth-order valence-corrected chi connectivity index (χ4v) is 2.35. The van der Waals surface area contributed by atoms with Gasteiger partial charge in [-0.15, -0.1) is 0 Å². The maximum absolute atomic E-state index is 12.2. The summed E-state index contributed by atoms with van der Waals surface area (Å²) in [6.45, 7) is 2.87. The number of Topliss-reactive ketones (excluding diaryl/α,β-unsaturated/α-hetero) is 1. The van der Waals surface area contributed by atoms with Gasteiger partial charge in [0.15, 0.2) is 5.78 Å². The molecule has 0 fully saturated rings. The Kier molecular flexibility index (Phi) is 4.61. The molecule has 0 aliphatic rings. The summed E-state index contributed by atoms with van der Waals surface area (Å²) in [6.07, 6.45) is 4.52. The highest BCUT2D eigenvalue weighted by Crippen LogP contribution is 2.25. The minimum Gasteiger partial charge on any atom is -0.294 e. The van der Waals surface area contributed by atoms with E-state index in [-0.39, 0.29) is 12.2 Å². The number of ketones is 1. The third-order valence-electron chi connectivity index (χ3n) is 2.81. The van der Waals surface area contributed by atoms with Gasteiger partial charge in [0, 0.05) is 29.2 Å². The van der Waals surface area contributed by atoms with Crippen LogP contribution in [0.4, 0.5) is 0 Å². The number of carbonyl (C=O) groups excluding carboxylic acids is 1. The van der Waals surface area contributed by atoms with Gasteiger partial charge in [-0.1, -0.05) is 36.2 Å². The lowest BCUT2D eigenvalue weighted by Gasteiger charge is -2.04. The van der Waals surface area contributed by atoms with Crippen molar-refractivity contribution in [2.24, 2.45) is 0 Å². The SMILES string of the molecule is CCCn1cc(C(=O)Cc2c(Cl)cccc2Cl)cn1. The summed E-state index contributed by atoms with van der Waals surface area (Å²) in [6, 6.07) is 5.23. The van der Waals surface area contributed by atoms with E-state index in [0.29, 0.717) is 21.2 Å². The summed E-state index contributed by atoms with van der Waals surface area (Å²) in [5, 5.41) is 5.17. The Morgan fingerprint density at radius 3 is 2.63 bits per heavy atom. The van der Waals surface area contributed by atoms with Crippen molar-refractivity contribution in [1.29, 1.82) is 0 Å². The summed E-state index contributed by atoms with van der Waals surface area (Å²) < 4.78 is 1.77. The summed E-state index contributed by atoms with van der Waals surface area (Å²) in [5.41, 5.74) is 1.25. The molecule has 2 aromatic rings. The minimum atomic E-state index is -0.0302. The molecular formula is C14H14Cl2N2O. The molecular weight excluding hydrogens is 283 g/mol. The molecule has 5 heteroatoms. The lowest BCUT2D eigenvalue weighted by molar-refractivity contribution is 0.0993. The van der Waals surface area contributed by atoms with Gasteiger partial charge in [-0.3, -0.25) is 9.48 Å². The van der Waals surface area contributed by atoms with Gasteiger partial charge in [0.1, 0.15) is 0 Å². The number of carbonyl (C=O) groups is 1. The van der Waals surface area contributed by atoms with E-state index in [1.165, 1.54) is 0 Å². The molecule has 3 nitrogen and oxygen atoms in total. The van der Waals surface area contributed by atoms with E-state index in [0.717, 1.165) is 13.0 Å². The van der Waals surface area contributed by atoms with Crippen molar-refractivity contribution in [3.63, 3.8) is 0 Å². The van der Waals surface area contributed by atoms with Crippen molar-refractivity contribution in [2.75, 3.05) is 0 Å². The molecule has 1 heterocycles. The average Bonchev–Trinajstić information content (AvgIpc) is 2.83. The van der Waals surface area contributed by atoms with Crippen LogP contribution in [0.15, 0.2) is 30.6 Å². The van der Waals surface area contributed by atoms with Crippen molar-refractivity contribution in [3.8, 4) is 0 Å². The molecule has 0 aliphatic carbocycles. The Labute approximate surface area is 122 Å². The van der Waals surface area contributed by atoms with Gasteiger partial charge in [0.25, 0.3) is 0 Å². The van der Waals surface area contributed by atoms with E-state index in [1.54, 1.807) is 35.3 Å². The van der Waals surface area contributed by atoms with Gasteiger partial charge < -0.3 is 0 Å². The quantitative estimate of drug-likeness (QED) is 0.781. The second-order valence-electron chi connectivity index (χ2n) is 4.29. The number of aryl methyl sites for hydroxylation is 1. The van der Waals surface area contributed by atoms with Gasteiger partial charge in [-0.05, 0) is 24.1 Å². The van der Waals surface area contributed by atoms with Crippen molar-refractivity contribution in [2.45, 2.75) is 26.3 Å². The first-order valence-corrected chi connectivity index (χ1v) is 6.86. The number of hydrogen-bond acceptors (Lipinski definition) is 2. The van der Waals surface area contributed by atoms with E-state index >= 15 is 0 Å². The molecule has 0 amide bonds. The molecule has 1 aromatic carbocycles. The van der Waals surface area contributed by atoms with Gasteiger partial charge in [0.2, 0.25) is 0 Å². The Hall–Kier alpha value is -1.32. The molecule has 0 N–H and O–H groups in total. The molecule has 0 saturated heterocycles. The third kappa shape index (κ3) is 3.37. The maximum Gasteiger partial charge on any atom is 0.170 e. The summed E-state index contributed by atoms with van der Waals surface area (Å²) in [7, 11) is 0. The lowest BCUT2D eigenvalue weighted by atomic mass is 10.1. The van der Waals surface area contributed by atoms with Crippen molar-refractivity contribution in [3.05, 3.63) is 51.8 Å². The first kappa shape index (κ1) is 14.1. The summed E-state index contributed by atoms with van der Waals surface area (Å²) >= 11 is 12.1. The second-order valence-corrected chi connectivity index (χ2v) is 5.11. The molecule has 0 spiro atoms. The highest BCUT2D eigenvalue weighted by atomic mass is 35.5. The average molecular weight is 297 g/mol. The minimum absolute atomic E-state index is 0.0302. The number of rotatable bonds is 5. The second kappa shape index (κ2) is 6.22. The zero-order chi connectivity index (χ0) is 13.8. The van der Waals surface area contributed by atoms with Crippen LogP contribution in [0.5, 0.6) is 0 Å². The normalized spacial score (nSPS) is 10.7. The molecule has 0 atom stereocenters. The fourth-order valence-electron chi connectivity index (χ4n) is 1.82. The highest BCUT2D eigenvalue weighted by Gasteiger charge is 2.14. The zero-order valence-electron chi connectivity index (χ0n) is 10.6. The van der Waals surface area contributed by atoms with Gasteiger partial charge in [-0.25, -0.2) is 0 Å². The zero-order valence-corrected chi connectivity index (χ0v) is 12.1. The van der Waals surface area contributed by atoms with Crippen LogP contribution in [0, 0.1) is 0 Å². The molecule has 19 heavy (non-hydrogen) atoms. The Morgan fingerprint density at radius 1 is 1.32 bits per heavy atom. The van der Waals surface area contributed by atoms with Crippen LogP contribution in [0.2, 0.25) is 10.0 Å². The van der Waals surface area contributed by atoms with Crippen LogP contribution in [-0.2, 0) is 13.0 Å². The predicted octanol–water partition coefficient (Wildman–Crippen LogP) is 4.03. The van der Waals surface area contributed by atoms with Gasteiger partial charge >= 0.3 is 0 Å². The largest absolute Gasteiger partial charge is 0.294 e. The molecule has 0 unspecified atom stereocenters. The first-order valence-electron chi connectivity index (χ1n) is 6.10. The van der Waals surface area contributed by atoms with E-state index in [1.807, 2.05) is 0 Å². The van der Waals surface area contributed by atoms with E-state index in [2.05, 4.69) is 12.0 Å². The molecule has 0 aliphatic heterocycles. The number of hydrogen-bond donors (Lipinski definition) is 0. The first-order chi connectivity index (χ1) is 9.11. The lowest BCUT2D eigenvalue weighted by Crippen LogP contribution is -2.04. The monoisotopic (exact) mass is 296 g/mol. The highest BCUT2D eigenvalue weighted by molar-refractivity contribution is 6.36. The summed E-state index contributed by atoms with van der Waals surface area (Å²) in [4.78, 5) is 12.2. The standard InChI is InChI=1S/C14H14Cl2N2O/c1-2-6-18-9-10(8-17-18)14(19)7-11-12(15)4-3-5-13(11)16/h3-5,8-9H,2,6-7H2,1H3. The molecule has 1 aromatic heterocycles. The van der Waals surface area contributed by atoms with Crippen LogP contribution in [0.1, 0.15) is 29.3 Å². The van der Waals surface area contributed by atoms with Gasteiger partial charge in [0.05, 0.1) is 11.8 Å². The smallest absolute Gasteiger partial charge is 0.170 e. The van der Waals surface area contributed by atoms with Crippen LogP contribution < -0.4 is 0 Å². The number of halogens is 2. The van der Waals surface area contributed by atoms with Crippen molar-refractivity contribution in [1.82, 2.24) is 9.78 Å². The fraction of sp³-hybridized carbons (Fsp3) is 0.286. The van der Waals surface area contributed by atoms with Crippen molar-refractivity contribution < 1.29 is 4.79 Å². The predicted molar refractivity (Wildman–Crippen MR) is 77.0 cm³/mol. The number of aromatic nitrogens is 2. The van der Waals surface area contributed by atoms with E-state index in [4.69, 9.17) is 23.2 Å². The third-order valence-corrected chi connectivity index (χ3v) is 3.52. The van der Waals surface area contributed by atoms with Crippen molar-refractivity contribution >= 4 is 29.0 Å². The molecule has 0 radical (unpaired) electrons. The Bertz CT molecular complexity index is 573. The molecule has 0 bridgehead atoms. The van der Waals surface area contributed by atoms with Crippen LogP contribution in [0.3, 0.4) is 0 Å². The van der Waals surface area contributed by atoms with Gasteiger partial charge in [-0.2, -0.15) is 5.10 Å². The van der Waals surface area contributed by atoms with E-state index in [9.17, 15) is 4.79 Å². The molecule has 2 rings (SSSR count). The number of benzene rings is 1. The van der Waals surface area contributed by atoms with E-state index < -0.39 is 0 Å². The number of nitrogens with zero attached hydrogens (tertiary/aromatic N) is 2. The molecule has 0 saturated carbocycles. The van der Waals surface area contributed by atoms with Crippen LogP contribution >= 0.6 is 23.2 Å². The molecule has 100 valence electrons. The Balaban J connectivity index is 2.16. The summed E-state index contributed by atoms with van der Waals surface area (Å²) in [5.74, 6) is -0.0302. The topological polar surface area (TPSA) is 34.9 Å². The Morgan fingerprint density at radius 2 is 2.00 bits per heavy atom. The van der Waals surface area contributed by atoms with Crippen LogP contribution in [0.25, 0.3) is 0 Å². The maximum atomic E-state index is 12.2.